The van der Waals surface area contributed by atoms with Crippen LogP contribution in [0, 0.1) is 0 Å². The predicted octanol–water partition coefficient (Wildman–Crippen LogP) is 1.41. The number of carbonyl (C=O) groups excluding carboxylic acids is 1. The average molecular weight is 273 g/mol. The van der Waals surface area contributed by atoms with Gasteiger partial charge in [0.2, 0.25) is 5.91 Å². The molecule has 1 amide bonds. The summed E-state index contributed by atoms with van der Waals surface area (Å²) in [5.74, 6) is 0.141. The van der Waals surface area contributed by atoms with Crippen LogP contribution < -0.4 is 10.6 Å². The van der Waals surface area contributed by atoms with Crippen molar-refractivity contribution in [1.82, 2.24) is 10.2 Å². The molecular weight excluding hydrogens is 250 g/mol. The zero-order chi connectivity index (χ0) is 13.8. The van der Waals surface area contributed by atoms with Gasteiger partial charge in [-0.05, 0) is 49.5 Å². The Bertz CT molecular complexity index is 479. The highest BCUT2D eigenvalue weighted by molar-refractivity contribution is 5.93. The number of nitrogens with zero attached hydrogens (tertiary/aromatic N) is 1. The second kappa shape index (κ2) is 6.37. The fraction of sp³-hybridized carbons (Fsp3) is 0.562. The second-order valence-corrected chi connectivity index (χ2v) is 5.73. The summed E-state index contributed by atoms with van der Waals surface area (Å²) < 4.78 is 0. The SMILES string of the molecule is O=C1CCc2cc(CCN3CCCNCC3)ccc2N1. The highest BCUT2D eigenvalue weighted by Gasteiger charge is 2.15. The molecule has 1 aromatic rings. The van der Waals surface area contributed by atoms with Gasteiger partial charge in [0, 0.05) is 31.7 Å². The number of rotatable bonds is 3. The zero-order valence-electron chi connectivity index (χ0n) is 12.0. The van der Waals surface area contributed by atoms with Crippen molar-refractivity contribution in [3.8, 4) is 0 Å². The highest BCUT2D eigenvalue weighted by atomic mass is 16.1. The lowest BCUT2D eigenvalue weighted by Crippen LogP contribution is -2.30. The Balaban J connectivity index is 1.59. The third kappa shape index (κ3) is 3.38. The molecule has 4 heteroatoms. The lowest BCUT2D eigenvalue weighted by Gasteiger charge is -2.21. The van der Waals surface area contributed by atoms with Crippen molar-refractivity contribution in [3.05, 3.63) is 29.3 Å². The molecule has 2 aliphatic rings. The van der Waals surface area contributed by atoms with Crippen LogP contribution in [0.5, 0.6) is 0 Å². The van der Waals surface area contributed by atoms with Crippen LogP contribution in [0.1, 0.15) is 24.0 Å². The van der Waals surface area contributed by atoms with Crippen LogP contribution in [-0.4, -0.2) is 43.5 Å². The Hall–Kier alpha value is -1.39. The lowest BCUT2D eigenvalue weighted by molar-refractivity contribution is -0.116. The molecule has 0 spiro atoms. The molecule has 20 heavy (non-hydrogen) atoms. The zero-order valence-corrected chi connectivity index (χ0v) is 12.0. The van der Waals surface area contributed by atoms with Crippen molar-refractivity contribution >= 4 is 11.6 Å². The first kappa shape index (κ1) is 13.6. The van der Waals surface area contributed by atoms with E-state index in [9.17, 15) is 4.79 Å². The minimum Gasteiger partial charge on any atom is -0.326 e. The van der Waals surface area contributed by atoms with Gasteiger partial charge in [0.05, 0.1) is 0 Å². The highest BCUT2D eigenvalue weighted by Crippen LogP contribution is 2.23. The Morgan fingerprint density at radius 1 is 1.15 bits per heavy atom. The number of hydrogen-bond acceptors (Lipinski definition) is 3. The average Bonchev–Trinajstić information content (AvgIpc) is 2.73. The molecule has 2 N–H and O–H groups in total. The normalized spacial score (nSPS) is 20.1. The monoisotopic (exact) mass is 273 g/mol. The molecule has 4 nitrogen and oxygen atoms in total. The van der Waals surface area contributed by atoms with Gasteiger partial charge in [0.25, 0.3) is 0 Å². The van der Waals surface area contributed by atoms with Crippen molar-refractivity contribution in [3.63, 3.8) is 0 Å². The van der Waals surface area contributed by atoms with E-state index < -0.39 is 0 Å². The van der Waals surface area contributed by atoms with Gasteiger partial charge in [-0.2, -0.15) is 0 Å². The summed E-state index contributed by atoms with van der Waals surface area (Å²) in [6.45, 7) is 5.74. The van der Waals surface area contributed by atoms with Gasteiger partial charge in [-0.15, -0.1) is 0 Å². The van der Waals surface area contributed by atoms with Gasteiger partial charge in [0.1, 0.15) is 0 Å². The number of anilines is 1. The summed E-state index contributed by atoms with van der Waals surface area (Å²) in [7, 11) is 0. The molecule has 0 aliphatic carbocycles. The first-order valence-electron chi connectivity index (χ1n) is 7.66. The van der Waals surface area contributed by atoms with E-state index in [-0.39, 0.29) is 5.91 Å². The van der Waals surface area contributed by atoms with Crippen LogP contribution >= 0.6 is 0 Å². The number of hydrogen-bond donors (Lipinski definition) is 2. The van der Waals surface area contributed by atoms with Gasteiger partial charge in [-0.25, -0.2) is 0 Å². The minimum absolute atomic E-state index is 0.141. The van der Waals surface area contributed by atoms with Crippen molar-refractivity contribution < 1.29 is 4.79 Å². The van der Waals surface area contributed by atoms with E-state index in [2.05, 4.69) is 33.7 Å². The molecule has 108 valence electrons. The van der Waals surface area contributed by atoms with E-state index >= 15 is 0 Å². The van der Waals surface area contributed by atoms with Gasteiger partial charge in [-0.3, -0.25) is 4.79 Å². The fourth-order valence-electron chi connectivity index (χ4n) is 3.00. The van der Waals surface area contributed by atoms with Crippen molar-refractivity contribution in [2.24, 2.45) is 0 Å². The quantitative estimate of drug-likeness (QED) is 0.875. The van der Waals surface area contributed by atoms with E-state index in [0.29, 0.717) is 6.42 Å². The molecule has 0 unspecified atom stereocenters. The van der Waals surface area contributed by atoms with Gasteiger partial charge < -0.3 is 15.5 Å². The molecule has 0 saturated carbocycles. The molecule has 1 aromatic carbocycles. The Kier molecular flexibility index (Phi) is 4.33. The molecule has 3 rings (SSSR count). The van der Waals surface area contributed by atoms with E-state index in [1.807, 2.05) is 0 Å². The van der Waals surface area contributed by atoms with Crippen molar-refractivity contribution in [2.45, 2.75) is 25.7 Å². The second-order valence-electron chi connectivity index (χ2n) is 5.73. The fourth-order valence-corrected chi connectivity index (χ4v) is 3.00. The summed E-state index contributed by atoms with van der Waals surface area (Å²) in [5, 5.41) is 6.38. The van der Waals surface area contributed by atoms with Crippen LogP contribution in [-0.2, 0) is 17.6 Å². The van der Waals surface area contributed by atoms with Crippen LogP contribution in [0.3, 0.4) is 0 Å². The maximum absolute atomic E-state index is 11.4. The van der Waals surface area contributed by atoms with Gasteiger partial charge in [0.15, 0.2) is 0 Å². The van der Waals surface area contributed by atoms with Crippen molar-refractivity contribution in [2.75, 3.05) is 38.0 Å². The van der Waals surface area contributed by atoms with Crippen molar-refractivity contribution in [1.29, 1.82) is 0 Å². The third-order valence-corrected chi connectivity index (χ3v) is 4.21. The number of carbonyl (C=O) groups is 1. The molecule has 0 aromatic heterocycles. The number of benzene rings is 1. The van der Waals surface area contributed by atoms with E-state index in [1.165, 1.54) is 24.1 Å². The topological polar surface area (TPSA) is 44.4 Å². The molecule has 0 bridgehead atoms. The molecule has 2 aliphatic heterocycles. The molecule has 1 fully saturated rings. The standard InChI is InChI=1S/C16H23N3O/c20-16-5-3-14-12-13(2-4-15(14)18-16)6-10-19-9-1-7-17-8-11-19/h2,4,12,17H,1,3,5-11H2,(H,18,20). The molecule has 0 atom stereocenters. The molecule has 1 saturated heterocycles. The first-order chi connectivity index (χ1) is 9.81. The largest absolute Gasteiger partial charge is 0.326 e. The van der Waals surface area contributed by atoms with Gasteiger partial charge in [-0.1, -0.05) is 12.1 Å². The predicted molar refractivity (Wildman–Crippen MR) is 81.0 cm³/mol. The summed E-state index contributed by atoms with van der Waals surface area (Å²) in [4.78, 5) is 13.9. The number of nitrogens with one attached hydrogen (secondary N) is 2. The smallest absolute Gasteiger partial charge is 0.224 e. The van der Waals surface area contributed by atoms with Gasteiger partial charge >= 0.3 is 0 Å². The summed E-state index contributed by atoms with van der Waals surface area (Å²) in [5.41, 5.74) is 3.68. The van der Waals surface area contributed by atoms with Crippen LogP contribution in [0.4, 0.5) is 5.69 Å². The number of fused-ring (bicyclic) bond motifs is 1. The summed E-state index contributed by atoms with van der Waals surface area (Å²) >= 11 is 0. The van der Waals surface area contributed by atoms with Crippen LogP contribution in [0.15, 0.2) is 18.2 Å². The van der Waals surface area contributed by atoms with E-state index in [0.717, 1.165) is 44.7 Å². The molecule has 0 radical (unpaired) electrons. The van der Waals surface area contributed by atoms with E-state index in [4.69, 9.17) is 0 Å². The summed E-state index contributed by atoms with van der Waals surface area (Å²) in [6, 6.07) is 6.48. The number of aryl methyl sites for hydroxylation is 1. The maximum atomic E-state index is 11.4. The Labute approximate surface area is 120 Å². The Morgan fingerprint density at radius 3 is 3.05 bits per heavy atom. The molecule has 2 heterocycles. The number of amides is 1. The summed E-state index contributed by atoms with van der Waals surface area (Å²) in [6.07, 6.45) is 3.84. The maximum Gasteiger partial charge on any atom is 0.224 e. The third-order valence-electron chi connectivity index (χ3n) is 4.21. The minimum atomic E-state index is 0.141. The van der Waals surface area contributed by atoms with Crippen LogP contribution in [0.2, 0.25) is 0 Å². The lowest BCUT2D eigenvalue weighted by atomic mass is 9.99. The first-order valence-corrected chi connectivity index (χ1v) is 7.66. The van der Waals surface area contributed by atoms with Crippen LogP contribution in [0.25, 0.3) is 0 Å². The Morgan fingerprint density at radius 2 is 2.10 bits per heavy atom. The molecular formula is C16H23N3O. The van der Waals surface area contributed by atoms with E-state index in [1.54, 1.807) is 0 Å².